The van der Waals surface area contributed by atoms with Crippen LogP contribution < -0.4 is 0 Å². The largest absolute Gasteiger partial charge is 0.516 e. The zero-order valence-corrected chi connectivity index (χ0v) is 8.85. The van der Waals surface area contributed by atoms with Gasteiger partial charge in [-0.2, -0.15) is 0 Å². The molecule has 1 aromatic carbocycles. The predicted molar refractivity (Wildman–Crippen MR) is 62.8 cm³/mol. The summed E-state index contributed by atoms with van der Waals surface area (Å²) in [6, 6.07) is 7.09. The lowest BCUT2D eigenvalue weighted by atomic mass is 10.0. The van der Waals surface area contributed by atoms with Crippen molar-refractivity contribution in [3.8, 4) is 5.75 Å². The van der Waals surface area contributed by atoms with Crippen molar-refractivity contribution >= 4 is 5.57 Å². The van der Waals surface area contributed by atoms with Crippen molar-refractivity contribution in [1.29, 1.82) is 0 Å². The lowest BCUT2D eigenvalue weighted by molar-refractivity contribution is 0.473. The van der Waals surface area contributed by atoms with E-state index < -0.39 is 0 Å². The molecule has 1 aromatic rings. The van der Waals surface area contributed by atoms with Gasteiger partial charge in [-0.15, -0.1) is 0 Å². The first-order valence-electron chi connectivity index (χ1n) is 5.07. The van der Waals surface area contributed by atoms with Crippen molar-refractivity contribution in [2.75, 3.05) is 0 Å². The Labute approximate surface area is 90.2 Å². The van der Waals surface area contributed by atoms with Crippen LogP contribution in [-0.2, 0) is 0 Å². The molecule has 0 fully saturated rings. The van der Waals surface area contributed by atoms with Gasteiger partial charge in [0.25, 0.3) is 0 Å². The Morgan fingerprint density at radius 3 is 2.47 bits per heavy atom. The molecular formula is C13H16O2. The van der Waals surface area contributed by atoms with Crippen LogP contribution in [0.25, 0.3) is 5.57 Å². The van der Waals surface area contributed by atoms with Crippen molar-refractivity contribution < 1.29 is 10.2 Å². The van der Waals surface area contributed by atoms with Crippen LogP contribution in [0.3, 0.4) is 0 Å². The van der Waals surface area contributed by atoms with Crippen molar-refractivity contribution in [3.05, 3.63) is 48.2 Å². The average Bonchev–Trinajstić information content (AvgIpc) is 2.25. The van der Waals surface area contributed by atoms with Gasteiger partial charge < -0.3 is 10.2 Å². The van der Waals surface area contributed by atoms with Crippen LogP contribution in [0, 0.1) is 0 Å². The smallest absolute Gasteiger partial charge is 0.115 e. The minimum atomic E-state index is 0.271. The molecule has 0 atom stereocenters. The van der Waals surface area contributed by atoms with Crippen LogP contribution in [0.5, 0.6) is 5.75 Å². The highest BCUT2D eigenvalue weighted by molar-refractivity contribution is 5.67. The fraction of sp³-hybridized carbons (Fsp3) is 0.231. The van der Waals surface area contributed by atoms with Crippen LogP contribution in [0.15, 0.2) is 42.7 Å². The number of benzene rings is 1. The maximum absolute atomic E-state index is 9.17. The molecule has 0 amide bonds. The number of allylic oxidation sites excluding steroid dienone is 3. The van der Waals surface area contributed by atoms with Crippen LogP contribution >= 0.6 is 0 Å². The van der Waals surface area contributed by atoms with Crippen molar-refractivity contribution in [3.63, 3.8) is 0 Å². The van der Waals surface area contributed by atoms with E-state index in [1.165, 1.54) is 0 Å². The molecule has 15 heavy (non-hydrogen) atoms. The third-order valence-corrected chi connectivity index (χ3v) is 2.14. The van der Waals surface area contributed by atoms with E-state index in [4.69, 9.17) is 5.11 Å². The van der Waals surface area contributed by atoms with Gasteiger partial charge in [-0.3, -0.25) is 0 Å². The van der Waals surface area contributed by atoms with Gasteiger partial charge in [0.05, 0.1) is 6.26 Å². The molecule has 80 valence electrons. The molecule has 1 rings (SSSR count). The summed E-state index contributed by atoms with van der Waals surface area (Å²) in [4.78, 5) is 0. The summed E-state index contributed by atoms with van der Waals surface area (Å²) >= 11 is 0. The molecule has 0 saturated heterocycles. The Bertz CT molecular complexity index is 347. The zero-order chi connectivity index (χ0) is 11.1. The number of aliphatic hydroxyl groups is 1. The number of hydrogen-bond donors (Lipinski definition) is 2. The van der Waals surface area contributed by atoms with E-state index in [1.54, 1.807) is 18.2 Å². The van der Waals surface area contributed by atoms with Crippen molar-refractivity contribution in [2.45, 2.75) is 19.8 Å². The van der Waals surface area contributed by atoms with E-state index in [0.717, 1.165) is 30.2 Å². The quantitative estimate of drug-likeness (QED) is 0.580. The topological polar surface area (TPSA) is 40.5 Å². The second kappa shape index (κ2) is 5.91. The third-order valence-electron chi connectivity index (χ3n) is 2.14. The zero-order valence-electron chi connectivity index (χ0n) is 8.85. The summed E-state index contributed by atoms with van der Waals surface area (Å²) in [5, 5.41) is 17.8. The number of phenolic OH excluding ortho intramolecular Hbond substituents is 1. The standard InChI is InChI=1S/C13H16O2/c1-2-4-11(5-3-10-14)12-6-8-13(15)9-7-12/h3,5-10,14-15H,2,4H2,1H3/b10-3+,11-5+. The summed E-state index contributed by atoms with van der Waals surface area (Å²) in [5.74, 6) is 0.271. The number of rotatable bonds is 4. The summed E-state index contributed by atoms with van der Waals surface area (Å²) in [5.41, 5.74) is 2.23. The monoisotopic (exact) mass is 204 g/mol. The van der Waals surface area contributed by atoms with Gasteiger partial charge in [-0.05, 0) is 35.8 Å². The van der Waals surface area contributed by atoms with Gasteiger partial charge >= 0.3 is 0 Å². The van der Waals surface area contributed by atoms with E-state index in [-0.39, 0.29) is 5.75 Å². The minimum absolute atomic E-state index is 0.271. The number of phenols is 1. The Morgan fingerprint density at radius 2 is 1.93 bits per heavy atom. The fourth-order valence-electron chi connectivity index (χ4n) is 1.43. The summed E-state index contributed by atoms with van der Waals surface area (Å²) in [7, 11) is 0. The van der Waals surface area contributed by atoms with Crippen LogP contribution in [-0.4, -0.2) is 10.2 Å². The van der Waals surface area contributed by atoms with Gasteiger partial charge in [0, 0.05) is 0 Å². The van der Waals surface area contributed by atoms with Crippen LogP contribution in [0.1, 0.15) is 25.3 Å². The highest BCUT2D eigenvalue weighted by Crippen LogP contribution is 2.22. The molecule has 0 aliphatic heterocycles. The molecule has 0 radical (unpaired) electrons. The molecule has 0 aliphatic carbocycles. The van der Waals surface area contributed by atoms with Gasteiger partial charge in [-0.1, -0.05) is 31.6 Å². The average molecular weight is 204 g/mol. The summed E-state index contributed by atoms with van der Waals surface area (Å²) in [6.07, 6.45) is 6.52. The summed E-state index contributed by atoms with van der Waals surface area (Å²) in [6.45, 7) is 2.11. The Kier molecular flexibility index (Phi) is 4.48. The Morgan fingerprint density at radius 1 is 1.27 bits per heavy atom. The molecular weight excluding hydrogens is 188 g/mol. The first-order valence-corrected chi connectivity index (χ1v) is 5.07. The van der Waals surface area contributed by atoms with E-state index in [9.17, 15) is 5.11 Å². The molecule has 0 aliphatic rings. The SMILES string of the molecule is CCC/C(=C\C=C\O)c1ccc(O)cc1. The molecule has 2 nitrogen and oxygen atoms in total. The molecule has 0 heterocycles. The van der Waals surface area contributed by atoms with Crippen molar-refractivity contribution in [1.82, 2.24) is 0 Å². The molecule has 0 aromatic heterocycles. The second-order valence-electron chi connectivity index (χ2n) is 3.33. The lowest BCUT2D eigenvalue weighted by Gasteiger charge is -2.05. The predicted octanol–water partition coefficient (Wildman–Crippen LogP) is 3.65. The first-order chi connectivity index (χ1) is 7.27. The normalized spacial score (nSPS) is 12.2. The Hall–Kier alpha value is -1.70. The minimum Gasteiger partial charge on any atom is -0.516 e. The van der Waals surface area contributed by atoms with Gasteiger partial charge in [0.1, 0.15) is 5.75 Å². The van der Waals surface area contributed by atoms with E-state index in [2.05, 4.69) is 6.92 Å². The molecule has 0 spiro atoms. The highest BCUT2D eigenvalue weighted by Gasteiger charge is 1.99. The highest BCUT2D eigenvalue weighted by atomic mass is 16.3. The van der Waals surface area contributed by atoms with E-state index >= 15 is 0 Å². The molecule has 0 unspecified atom stereocenters. The lowest BCUT2D eigenvalue weighted by Crippen LogP contribution is -1.83. The van der Waals surface area contributed by atoms with Gasteiger partial charge in [0.2, 0.25) is 0 Å². The molecule has 2 heteroatoms. The number of hydrogen-bond acceptors (Lipinski definition) is 2. The Balaban J connectivity index is 2.93. The molecule has 2 N–H and O–H groups in total. The van der Waals surface area contributed by atoms with Gasteiger partial charge in [0.15, 0.2) is 0 Å². The maximum atomic E-state index is 9.17. The molecule has 0 saturated carbocycles. The van der Waals surface area contributed by atoms with Gasteiger partial charge in [-0.25, -0.2) is 0 Å². The third kappa shape index (κ3) is 3.50. The second-order valence-corrected chi connectivity index (χ2v) is 3.33. The van der Waals surface area contributed by atoms with Crippen molar-refractivity contribution in [2.24, 2.45) is 0 Å². The number of aliphatic hydroxyl groups excluding tert-OH is 1. The number of aromatic hydroxyl groups is 1. The van der Waals surface area contributed by atoms with Crippen LogP contribution in [0.2, 0.25) is 0 Å². The van der Waals surface area contributed by atoms with Crippen LogP contribution in [0.4, 0.5) is 0 Å². The van der Waals surface area contributed by atoms with E-state index in [0.29, 0.717) is 0 Å². The first kappa shape index (κ1) is 11.4. The fourth-order valence-corrected chi connectivity index (χ4v) is 1.43. The maximum Gasteiger partial charge on any atom is 0.115 e. The summed E-state index contributed by atoms with van der Waals surface area (Å²) < 4.78 is 0. The van der Waals surface area contributed by atoms with E-state index in [1.807, 2.05) is 18.2 Å². The molecule has 0 bridgehead atoms.